The largest absolute Gasteiger partial charge is 0.393 e. The van der Waals surface area contributed by atoms with E-state index in [0.717, 1.165) is 6.42 Å². The maximum absolute atomic E-state index is 10.5. The average Bonchev–Trinajstić information content (AvgIpc) is 2.05. The molecule has 0 aliphatic carbocycles. The van der Waals surface area contributed by atoms with Crippen molar-refractivity contribution < 1.29 is 15.0 Å². The van der Waals surface area contributed by atoms with Crippen molar-refractivity contribution in [3.8, 4) is 0 Å². The molecule has 13 heavy (non-hydrogen) atoms. The Balaban J connectivity index is 3.98. The summed E-state index contributed by atoms with van der Waals surface area (Å²) in [7, 11) is 0. The summed E-state index contributed by atoms with van der Waals surface area (Å²) in [5, 5.41) is 18.6. The van der Waals surface area contributed by atoms with Crippen LogP contribution in [0.4, 0.5) is 0 Å². The van der Waals surface area contributed by atoms with E-state index in [0.29, 0.717) is 12.7 Å². The first-order chi connectivity index (χ1) is 6.13. The Hall–Kier alpha value is -0.670. The van der Waals surface area contributed by atoms with Crippen molar-refractivity contribution >= 4 is 6.29 Å². The second-order valence-electron chi connectivity index (χ2n) is 3.14. The Morgan fingerprint density at radius 1 is 1.31 bits per heavy atom. The van der Waals surface area contributed by atoms with Crippen LogP contribution < -0.4 is 0 Å². The normalized spacial score (nSPS) is 18.5. The number of hydrogen-bond donors (Lipinski definition) is 2. The van der Waals surface area contributed by atoms with Gasteiger partial charge in [0.1, 0.15) is 6.29 Å². The molecule has 0 amide bonds. The lowest BCUT2D eigenvalue weighted by Gasteiger charge is -2.18. The van der Waals surface area contributed by atoms with E-state index in [1.165, 1.54) is 6.92 Å². The number of aliphatic hydroxyl groups is 2. The molecule has 0 spiro atoms. The van der Waals surface area contributed by atoms with Crippen molar-refractivity contribution in [3.05, 3.63) is 12.2 Å². The third-order valence-electron chi connectivity index (χ3n) is 1.94. The Kier molecular flexibility index (Phi) is 6.45. The Morgan fingerprint density at radius 2 is 1.92 bits per heavy atom. The van der Waals surface area contributed by atoms with Crippen LogP contribution in [0.15, 0.2) is 12.2 Å². The first-order valence-electron chi connectivity index (χ1n) is 4.59. The fourth-order valence-electron chi connectivity index (χ4n) is 1.09. The highest BCUT2D eigenvalue weighted by atomic mass is 16.3. The fraction of sp³-hybridized carbons (Fsp3) is 0.700. The number of aliphatic hydroxyl groups excluding tert-OH is 2. The van der Waals surface area contributed by atoms with Gasteiger partial charge in [-0.05, 0) is 19.8 Å². The van der Waals surface area contributed by atoms with Crippen molar-refractivity contribution in [1.82, 2.24) is 0 Å². The van der Waals surface area contributed by atoms with Crippen LogP contribution in [0.2, 0.25) is 0 Å². The molecule has 3 heteroatoms. The van der Waals surface area contributed by atoms with Gasteiger partial charge in [0.05, 0.1) is 18.1 Å². The highest BCUT2D eigenvalue weighted by Gasteiger charge is 2.21. The van der Waals surface area contributed by atoms with Crippen LogP contribution in [-0.4, -0.2) is 28.7 Å². The number of carbonyl (C=O) groups excluding carboxylic acids is 1. The molecule has 0 bridgehead atoms. The summed E-state index contributed by atoms with van der Waals surface area (Å²) < 4.78 is 0. The van der Waals surface area contributed by atoms with Crippen LogP contribution in [0.1, 0.15) is 26.7 Å². The minimum absolute atomic E-state index is 0.419. The van der Waals surface area contributed by atoms with Gasteiger partial charge in [-0.3, -0.25) is 0 Å². The number of rotatable bonds is 6. The van der Waals surface area contributed by atoms with Gasteiger partial charge in [-0.2, -0.15) is 0 Å². The summed E-state index contributed by atoms with van der Waals surface area (Å²) in [5.41, 5.74) is 0. The van der Waals surface area contributed by atoms with E-state index >= 15 is 0 Å². The van der Waals surface area contributed by atoms with Gasteiger partial charge in [-0.1, -0.05) is 19.1 Å². The summed E-state index contributed by atoms with van der Waals surface area (Å²) in [5.74, 6) is -0.679. The van der Waals surface area contributed by atoms with Gasteiger partial charge in [-0.25, -0.2) is 0 Å². The van der Waals surface area contributed by atoms with Crippen LogP contribution in [-0.2, 0) is 4.79 Å². The molecule has 0 radical (unpaired) electrons. The molecule has 0 saturated heterocycles. The molecular formula is C10H18O3. The third-order valence-corrected chi connectivity index (χ3v) is 1.94. The molecule has 0 aromatic rings. The predicted octanol–water partition coefficient (Wildman–Crippen LogP) is 0.899. The van der Waals surface area contributed by atoms with E-state index in [-0.39, 0.29) is 0 Å². The summed E-state index contributed by atoms with van der Waals surface area (Å²) >= 11 is 0. The quantitative estimate of drug-likeness (QED) is 0.478. The summed E-state index contributed by atoms with van der Waals surface area (Å²) in [4.78, 5) is 10.5. The molecule has 0 fully saturated rings. The van der Waals surface area contributed by atoms with Gasteiger partial charge < -0.3 is 15.0 Å². The van der Waals surface area contributed by atoms with E-state index in [1.54, 1.807) is 0 Å². The molecular weight excluding hydrogens is 168 g/mol. The lowest BCUT2D eigenvalue weighted by molar-refractivity contribution is -0.118. The van der Waals surface area contributed by atoms with Crippen LogP contribution in [0.3, 0.4) is 0 Å². The molecule has 3 unspecified atom stereocenters. The van der Waals surface area contributed by atoms with Gasteiger partial charge in [0, 0.05) is 0 Å². The van der Waals surface area contributed by atoms with Crippen molar-refractivity contribution in [2.45, 2.75) is 38.9 Å². The summed E-state index contributed by atoms with van der Waals surface area (Å²) in [6.45, 7) is 3.50. The van der Waals surface area contributed by atoms with Gasteiger partial charge in [0.2, 0.25) is 0 Å². The second kappa shape index (κ2) is 6.80. The highest BCUT2D eigenvalue weighted by Crippen LogP contribution is 2.10. The molecule has 0 rings (SSSR count). The number of carbonyl (C=O) groups is 1. The summed E-state index contributed by atoms with van der Waals surface area (Å²) in [6, 6.07) is 0. The number of aldehydes is 1. The zero-order valence-electron chi connectivity index (χ0n) is 8.18. The van der Waals surface area contributed by atoms with E-state index < -0.39 is 18.1 Å². The van der Waals surface area contributed by atoms with Crippen molar-refractivity contribution in [2.75, 3.05) is 0 Å². The predicted molar refractivity (Wildman–Crippen MR) is 51.3 cm³/mol. The van der Waals surface area contributed by atoms with Crippen molar-refractivity contribution in [1.29, 1.82) is 0 Å². The zero-order valence-corrected chi connectivity index (χ0v) is 8.18. The SMILES string of the molecule is CC/C=C\CC(O)C(C=O)C(C)O. The minimum Gasteiger partial charge on any atom is -0.393 e. The molecule has 0 aliphatic rings. The molecule has 0 aromatic carbocycles. The molecule has 0 saturated carbocycles. The topological polar surface area (TPSA) is 57.5 Å². The van der Waals surface area contributed by atoms with Crippen molar-refractivity contribution in [3.63, 3.8) is 0 Å². The highest BCUT2D eigenvalue weighted by molar-refractivity contribution is 5.55. The van der Waals surface area contributed by atoms with E-state index in [4.69, 9.17) is 5.11 Å². The lowest BCUT2D eigenvalue weighted by atomic mass is 9.96. The molecule has 3 atom stereocenters. The monoisotopic (exact) mass is 186 g/mol. The van der Waals surface area contributed by atoms with Gasteiger partial charge in [-0.15, -0.1) is 0 Å². The van der Waals surface area contributed by atoms with Crippen LogP contribution in [0.25, 0.3) is 0 Å². The maximum atomic E-state index is 10.5. The van der Waals surface area contributed by atoms with E-state index in [9.17, 15) is 9.90 Å². The van der Waals surface area contributed by atoms with Gasteiger partial charge in [0.25, 0.3) is 0 Å². The fourth-order valence-corrected chi connectivity index (χ4v) is 1.09. The lowest BCUT2D eigenvalue weighted by Crippen LogP contribution is -2.30. The molecule has 3 nitrogen and oxygen atoms in total. The van der Waals surface area contributed by atoms with E-state index in [1.807, 2.05) is 19.1 Å². The van der Waals surface area contributed by atoms with Crippen LogP contribution in [0.5, 0.6) is 0 Å². The maximum Gasteiger partial charge on any atom is 0.128 e. The Bertz CT molecular complexity index is 164. The molecule has 0 aliphatic heterocycles. The first kappa shape index (κ1) is 12.3. The number of hydrogen-bond acceptors (Lipinski definition) is 3. The summed E-state index contributed by atoms with van der Waals surface area (Å²) in [6.07, 6.45) is 4.11. The average molecular weight is 186 g/mol. The molecule has 2 N–H and O–H groups in total. The van der Waals surface area contributed by atoms with E-state index in [2.05, 4.69) is 0 Å². The standard InChI is InChI=1S/C10H18O3/c1-3-4-5-6-10(13)9(7-11)8(2)12/h4-5,7-10,12-13H,3,6H2,1-2H3/b5-4-. The van der Waals surface area contributed by atoms with Crippen LogP contribution in [0, 0.1) is 5.92 Å². The third kappa shape index (κ3) is 4.80. The van der Waals surface area contributed by atoms with Crippen LogP contribution >= 0.6 is 0 Å². The van der Waals surface area contributed by atoms with Gasteiger partial charge >= 0.3 is 0 Å². The smallest absolute Gasteiger partial charge is 0.128 e. The second-order valence-corrected chi connectivity index (χ2v) is 3.14. The zero-order chi connectivity index (χ0) is 10.3. The minimum atomic E-state index is -0.789. The Morgan fingerprint density at radius 3 is 2.31 bits per heavy atom. The Labute approximate surface area is 79.1 Å². The molecule has 0 heterocycles. The molecule has 76 valence electrons. The molecule has 0 aromatic heterocycles. The number of allylic oxidation sites excluding steroid dienone is 1. The van der Waals surface area contributed by atoms with Crippen molar-refractivity contribution in [2.24, 2.45) is 5.92 Å². The van der Waals surface area contributed by atoms with Gasteiger partial charge in [0.15, 0.2) is 0 Å². The first-order valence-corrected chi connectivity index (χ1v) is 4.59.